The highest BCUT2D eigenvalue weighted by molar-refractivity contribution is 6.09. The number of urea groups is 1. The first-order chi connectivity index (χ1) is 14.9. The molecule has 6 nitrogen and oxygen atoms in total. The fourth-order valence-corrected chi connectivity index (χ4v) is 3.86. The second kappa shape index (κ2) is 10.2. The normalized spacial score (nSPS) is 18.2. The average Bonchev–Trinajstić information content (AvgIpc) is 2.98. The lowest BCUT2D eigenvalue weighted by Gasteiger charge is -2.21. The van der Waals surface area contributed by atoms with E-state index in [9.17, 15) is 14.4 Å². The molecule has 0 radical (unpaired) electrons. The Labute approximate surface area is 184 Å². The number of benzene rings is 2. The number of amides is 4. The first-order valence-corrected chi connectivity index (χ1v) is 11.0. The molecule has 1 atom stereocenters. The fourth-order valence-electron chi connectivity index (χ4n) is 3.86. The van der Waals surface area contributed by atoms with E-state index in [1.807, 2.05) is 54.6 Å². The lowest BCUT2D eigenvalue weighted by molar-refractivity contribution is -0.133. The molecule has 1 fully saturated rings. The predicted molar refractivity (Wildman–Crippen MR) is 123 cm³/mol. The van der Waals surface area contributed by atoms with Crippen LogP contribution >= 0.6 is 0 Å². The molecule has 164 valence electrons. The summed E-state index contributed by atoms with van der Waals surface area (Å²) < 4.78 is 0. The summed E-state index contributed by atoms with van der Waals surface area (Å²) in [4.78, 5) is 38.6. The van der Waals surface area contributed by atoms with E-state index in [1.165, 1.54) is 6.42 Å². The van der Waals surface area contributed by atoms with E-state index in [0.717, 1.165) is 41.7 Å². The van der Waals surface area contributed by atoms with Crippen molar-refractivity contribution in [2.75, 3.05) is 11.9 Å². The smallest absolute Gasteiger partial charge is 0.325 e. The number of nitrogens with one attached hydrogen (secondary N) is 2. The molecule has 1 heterocycles. The van der Waals surface area contributed by atoms with E-state index in [4.69, 9.17) is 0 Å². The lowest BCUT2D eigenvalue weighted by Crippen LogP contribution is -2.44. The SMILES string of the molecule is CCCCCCCC1(C)NC(=O)N(CC(=O)Nc2ccc(-c3ccccc3)cc2)C1=O. The van der Waals surface area contributed by atoms with Crippen molar-refractivity contribution in [3.63, 3.8) is 0 Å². The molecule has 3 rings (SSSR count). The number of rotatable bonds is 10. The molecule has 2 N–H and O–H groups in total. The average molecular weight is 422 g/mol. The molecule has 31 heavy (non-hydrogen) atoms. The maximum absolute atomic E-state index is 12.8. The van der Waals surface area contributed by atoms with Gasteiger partial charge in [0, 0.05) is 5.69 Å². The van der Waals surface area contributed by atoms with E-state index < -0.39 is 17.5 Å². The Morgan fingerprint density at radius 1 is 0.935 bits per heavy atom. The predicted octanol–water partition coefficient (Wildman–Crippen LogP) is 4.96. The highest BCUT2D eigenvalue weighted by Gasteiger charge is 2.47. The van der Waals surface area contributed by atoms with Crippen LogP contribution in [0.5, 0.6) is 0 Å². The Kier molecular flexibility index (Phi) is 7.45. The number of hydrogen-bond acceptors (Lipinski definition) is 3. The van der Waals surface area contributed by atoms with Gasteiger partial charge in [-0.05, 0) is 36.6 Å². The Hall–Kier alpha value is -3.15. The van der Waals surface area contributed by atoms with Gasteiger partial charge >= 0.3 is 6.03 Å². The zero-order valence-electron chi connectivity index (χ0n) is 18.3. The Morgan fingerprint density at radius 2 is 1.58 bits per heavy atom. The first-order valence-electron chi connectivity index (χ1n) is 11.0. The van der Waals surface area contributed by atoms with Crippen LogP contribution in [-0.2, 0) is 9.59 Å². The van der Waals surface area contributed by atoms with E-state index in [1.54, 1.807) is 6.92 Å². The summed E-state index contributed by atoms with van der Waals surface area (Å²) in [7, 11) is 0. The van der Waals surface area contributed by atoms with Crippen LogP contribution < -0.4 is 10.6 Å². The minimum absolute atomic E-state index is 0.295. The number of hydrogen-bond donors (Lipinski definition) is 2. The number of carbonyl (C=O) groups excluding carboxylic acids is 3. The molecule has 0 bridgehead atoms. The van der Waals surface area contributed by atoms with Gasteiger partial charge in [0.05, 0.1) is 0 Å². The molecular formula is C25H31N3O3. The summed E-state index contributed by atoms with van der Waals surface area (Å²) in [5, 5.41) is 5.54. The standard InChI is InChI=1S/C25H31N3O3/c1-3-4-5-6-10-17-25(2)23(30)28(24(31)27-25)18-22(29)26-21-15-13-20(14-16-21)19-11-8-7-9-12-19/h7-9,11-16H,3-6,10,17-18H2,1-2H3,(H,26,29)(H,27,31). The highest BCUT2D eigenvalue weighted by atomic mass is 16.2. The molecule has 0 aromatic heterocycles. The molecule has 1 unspecified atom stereocenters. The van der Waals surface area contributed by atoms with Crippen molar-refractivity contribution < 1.29 is 14.4 Å². The third-order valence-electron chi connectivity index (χ3n) is 5.70. The fraction of sp³-hybridized carbons (Fsp3) is 0.400. The van der Waals surface area contributed by atoms with Crippen molar-refractivity contribution in [3.8, 4) is 11.1 Å². The summed E-state index contributed by atoms with van der Waals surface area (Å²) in [6.45, 7) is 3.60. The topological polar surface area (TPSA) is 78.5 Å². The third kappa shape index (κ3) is 5.72. The number of anilines is 1. The Balaban J connectivity index is 1.54. The second-order valence-corrected chi connectivity index (χ2v) is 8.31. The summed E-state index contributed by atoms with van der Waals surface area (Å²) in [6, 6.07) is 16.9. The van der Waals surface area contributed by atoms with Crippen LogP contribution in [0.1, 0.15) is 52.4 Å². The minimum atomic E-state index is -0.930. The molecule has 1 saturated heterocycles. The quantitative estimate of drug-likeness (QED) is 0.420. The lowest BCUT2D eigenvalue weighted by atomic mass is 9.94. The summed E-state index contributed by atoms with van der Waals surface area (Å²) in [5.41, 5.74) is 1.83. The number of nitrogens with zero attached hydrogens (tertiary/aromatic N) is 1. The Morgan fingerprint density at radius 3 is 2.26 bits per heavy atom. The molecular weight excluding hydrogens is 390 g/mol. The van der Waals surface area contributed by atoms with Crippen molar-refractivity contribution >= 4 is 23.5 Å². The van der Waals surface area contributed by atoms with Crippen LogP contribution in [0.25, 0.3) is 11.1 Å². The van der Waals surface area contributed by atoms with Crippen LogP contribution in [0.4, 0.5) is 10.5 Å². The van der Waals surface area contributed by atoms with Gasteiger partial charge in [-0.1, -0.05) is 81.5 Å². The van der Waals surface area contributed by atoms with Crippen LogP contribution in [0, 0.1) is 0 Å². The molecule has 0 spiro atoms. The van der Waals surface area contributed by atoms with Crippen LogP contribution in [0.15, 0.2) is 54.6 Å². The van der Waals surface area contributed by atoms with Gasteiger partial charge in [0.2, 0.25) is 5.91 Å². The minimum Gasteiger partial charge on any atom is -0.325 e. The van der Waals surface area contributed by atoms with Gasteiger partial charge in [-0.25, -0.2) is 4.79 Å². The van der Waals surface area contributed by atoms with E-state index in [-0.39, 0.29) is 12.5 Å². The van der Waals surface area contributed by atoms with Crippen molar-refractivity contribution in [2.24, 2.45) is 0 Å². The number of imide groups is 1. The van der Waals surface area contributed by atoms with Crippen molar-refractivity contribution in [2.45, 2.75) is 57.9 Å². The van der Waals surface area contributed by atoms with Gasteiger partial charge in [0.15, 0.2) is 0 Å². The molecule has 2 aromatic rings. The van der Waals surface area contributed by atoms with E-state index in [2.05, 4.69) is 17.6 Å². The summed E-state index contributed by atoms with van der Waals surface area (Å²) in [6.07, 6.45) is 5.95. The molecule has 1 aliphatic heterocycles. The first kappa shape index (κ1) is 22.5. The highest BCUT2D eigenvalue weighted by Crippen LogP contribution is 2.25. The molecule has 6 heteroatoms. The number of unbranched alkanes of at least 4 members (excludes halogenated alkanes) is 4. The van der Waals surface area contributed by atoms with E-state index >= 15 is 0 Å². The van der Waals surface area contributed by atoms with Gasteiger partial charge in [0.25, 0.3) is 5.91 Å². The third-order valence-corrected chi connectivity index (χ3v) is 5.70. The molecule has 0 aliphatic carbocycles. The zero-order chi connectivity index (χ0) is 22.3. The second-order valence-electron chi connectivity index (χ2n) is 8.31. The summed E-state index contributed by atoms with van der Waals surface area (Å²) >= 11 is 0. The van der Waals surface area contributed by atoms with Crippen LogP contribution in [0.2, 0.25) is 0 Å². The van der Waals surface area contributed by atoms with Gasteiger partial charge in [0.1, 0.15) is 12.1 Å². The largest absolute Gasteiger partial charge is 0.325 e. The van der Waals surface area contributed by atoms with E-state index in [0.29, 0.717) is 12.1 Å². The maximum atomic E-state index is 12.8. The monoisotopic (exact) mass is 421 g/mol. The summed E-state index contributed by atoms with van der Waals surface area (Å²) in [5.74, 6) is -0.731. The van der Waals surface area contributed by atoms with Crippen LogP contribution in [0.3, 0.4) is 0 Å². The molecule has 1 aliphatic rings. The van der Waals surface area contributed by atoms with Gasteiger partial charge < -0.3 is 10.6 Å². The number of carbonyl (C=O) groups is 3. The molecule has 2 aromatic carbocycles. The molecule has 0 saturated carbocycles. The van der Waals surface area contributed by atoms with Crippen molar-refractivity contribution in [3.05, 3.63) is 54.6 Å². The van der Waals surface area contributed by atoms with Gasteiger partial charge in [-0.3, -0.25) is 14.5 Å². The zero-order valence-corrected chi connectivity index (χ0v) is 18.3. The maximum Gasteiger partial charge on any atom is 0.325 e. The Bertz CT molecular complexity index is 911. The van der Waals surface area contributed by atoms with Gasteiger partial charge in [-0.15, -0.1) is 0 Å². The van der Waals surface area contributed by atoms with Crippen molar-refractivity contribution in [1.82, 2.24) is 10.2 Å². The van der Waals surface area contributed by atoms with Crippen LogP contribution in [-0.4, -0.2) is 34.8 Å². The van der Waals surface area contributed by atoms with Gasteiger partial charge in [-0.2, -0.15) is 0 Å². The molecule has 4 amide bonds. The van der Waals surface area contributed by atoms with Crippen molar-refractivity contribution in [1.29, 1.82) is 0 Å².